The van der Waals surface area contributed by atoms with E-state index < -0.39 is 6.10 Å². The first-order valence-corrected chi connectivity index (χ1v) is 12.7. The number of fused-ring (bicyclic) bond motifs is 2. The van der Waals surface area contributed by atoms with Gasteiger partial charge in [-0.3, -0.25) is 4.79 Å². The van der Waals surface area contributed by atoms with Crippen molar-refractivity contribution in [2.75, 3.05) is 26.3 Å². The van der Waals surface area contributed by atoms with Gasteiger partial charge >= 0.3 is 0 Å². The molecule has 7 nitrogen and oxygen atoms in total. The molecule has 1 aliphatic rings. The van der Waals surface area contributed by atoms with Crippen molar-refractivity contribution in [3.8, 4) is 11.5 Å². The van der Waals surface area contributed by atoms with E-state index in [2.05, 4.69) is 34.7 Å². The monoisotopic (exact) mass is 515 g/mol. The lowest BCUT2D eigenvalue weighted by molar-refractivity contribution is -0.123. The fraction of sp³-hybridized carbons (Fsp3) is 0.464. The van der Waals surface area contributed by atoms with Crippen molar-refractivity contribution >= 4 is 29.2 Å². The van der Waals surface area contributed by atoms with Gasteiger partial charge < -0.3 is 30.2 Å². The summed E-state index contributed by atoms with van der Waals surface area (Å²) in [5, 5.41) is 18.0. The molecule has 0 saturated carbocycles. The molecular weight excluding hydrogens is 478 g/mol. The van der Waals surface area contributed by atoms with Crippen LogP contribution in [0, 0.1) is 0 Å². The number of aromatic nitrogens is 1. The summed E-state index contributed by atoms with van der Waals surface area (Å²) in [7, 11) is 0. The number of hydrogen-bond acceptors (Lipinski definition) is 5. The van der Waals surface area contributed by atoms with Gasteiger partial charge in [-0.2, -0.15) is 0 Å². The molecule has 2 atom stereocenters. The molecule has 1 unspecified atom stereocenters. The van der Waals surface area contributed by atoms with Gasteiger partial charge in [0.1, 0.15) is 24.2 Å². The number of nitrogens with one attached hydrogen (secondary N) is 3. The fourth-order valence-electron chi connectivity index (χ4n) is 4.49. The van der Waals surface area contributed by atoms with Gasteiger partial charge in [0.05, 0.1) is 0 Å². The maximum absolute atomic E-state index is 11.9. The highest BCUT2D eigenvalue weighted by Gasteiger charge is 2.18. The number of H-pyrrole nitrogens is 1. The molecule has 1 amide bonds. The van der Waals surface area contributed by atoms with Gasteiger partial charge in [0, 0.05) is 36.2 Å². The molecule has 2 aromatic carbocycles. The number of aliphatic hydroxyl groups excluding tert-OH is 1. The second-order valence-corrected chi connectivity index (χ2v) is 9.32. The van der Waals surface area contributed by atoms with Gasteiger partial charge in [-0.25, -0.2) is 0 Å². The Morgan fingerprint density at radius 3 is 2.83 bits per heavy atom. The second kappa shape index (κ2) is 14.1. The maximum atomic E-state index is 11.9. The molecule has 0 radical (unpaired) electrons. The van der Waals surface area contributed by atoms with Crippen molar-refractivity contribution in [2.45, 2.75) is 57.6 Å². The van der Waals surface area contributed by atoms with Crippen LogP contribution in [0.1, 0.15) is 43.7 Å². The van der Waals surface area contributed by atoms with E-state index in [1.807, 2.05) is 36.5 Å². The highest BCUT2D eigenvalue weighted by molar-refractivity contribution is 5.85. The Morgan fingerprint density at radius 1 is 1.14 bits per heavy atom. The van der Waals surface area contributed by atoms with E-state index in [1.54, 1.807) is 0 Å². The van der Waals surface area contributed by atoms with Gasteiger partial charge in [0.25, 0.3) is 5.91 Å². The van der Waals surface area contributed by atoms with Crippen molar-refractivity contribution in [1.82, 2.24) is 15.6 Å². The Hall–Kier alpha value is -2.74. The topological polar surface area (TPSA) is 95.6 Å². The van der Waals surface area contributed by atoms with E-state index >= 15 is 0 Å². The van der Waals surface area contributed by atoms with E-state index in [-0.39, 0.29) is 37.6 Å². The average Bonchev–Trinajstić information content (AvgIpc) is 3.24. The first-order valence-electron chi connectivity index (χ1n) is 12.7. The first-order chi connectivity index (χ1) is 17.1. The lowest BCUT2D eigenvalue weighted by Crippen LogP contribution is -2.39. The summed E-state index contributed by atoms with van der Waals surface area (Å²) < 4.78 is 11.5. The van der Waals surface area contributed by atoms with Crippen LogP contribution in [0.3, 0.4) is 0 Å². The van der Waals surface area contributed by atoms with Crippen LogP contribution in [0.5, 0.6) is 11.5 Å². The molecule has 4 rings (SSSR count). The molecule has 3 aromatic rings. The van der Waals surface area contributed by atoms with Crippen LogP contribution >= 0.6 is 12.4 Å². The minimum atomic E-state index is -0.597. The molecule has 0 saturated heterocycles. The number of amides is 1. The number of carbonyl (C=O) groups is 1. The van der Waals surface area contributed by atoms with Crippen LogP contribution in [0.15, 0.2) is 48.7 Å². The smallest absolute Gasteiger partial charge is 0.257 e. The lowest BCUT2D eigenvalue weighted by atomic mass is 10.0. The van der Waals surface area contributed by atoms with Crippen molar-refractivity contribution in [3.05, 3.63) is 59.8 Å². The standard InChI is InChI=1S/C28H37N3O4.ClH/c1-2-3-12-30-28(33)19-35-25-8-7-20-5-4-6-23(14-22(20)16-25)31-17-24(32)18-34-26-9-10-27-21(15-26)11-13-29-27;/h7-11,13,15-16,23-24,29,31-32H,2-6,12,14,17-19H2,1H3,(H,30,33);1H/t23?,24-;/m0./s1. The number of aliphatic hydroxyl groups is 1. The number of hydrogen-bond donors (Lipinski definition) is 4. The molecule has 36 heavy (non-hydrogen) atoms. The zero-order chi connectivity index (χ0) is 24.5. The van der Waals surface area contributed by atoms with E-state index in [1.165, 1.54) is 11.1 Å². The molecule has 4 N–H and O–H groups in total. The first kappa shape index (κ1) is 27.8. The van der Waals surface area contributed by atoms with Crippen LogP contribution in [-0.2, 0) is 17.6 Å². The second-order valence-electron chi connectivity index (χ2n) is 9.32. The molecular formula is C28H38ClN3O4. The Labute approximate surface area is 219 Å². The molecule has 196 valence electrons. The Bertz CT molecular complexity index is 1100. The van der Waals surface area contributed by atoms with E-state index in [0.717, 1.165) is 60.9 Å². The molecule has 1 aromatic heterocycles. The minimum Gasteiger partial charge on any atom is -0.491 e. The molecule has 0 bridgehead atoms. The molecule has 0 spiro atoms. The van der Waals surface area contributed by atoms with Gasteiger partial charge in [-0.15, -0.1) is 12.4 Å². The number of rotatable bonds is 12. The molecule has 1 aliphatic carbocycles. The normalized spacial score (nSPS) is 15.9. The predicted octanol–water partition coefficient (Wildman–Crippen LogP) is 4.16. The van der Waals surface area contributed by atoms with Crippen molar-refractivity contribution in [2.24, 2.45) is 0 Å². The van der Waals surface area contributed by atoms with Crippen molar-refractivity contribution in [3.63, 3.8) is 0 Å². The van der Waals surface area contributed by atoms with Crippen molar-refractivity contribution in [1.29, 1.82) is 0 Å². The maximum Gasteiger partial charge on any atom is 0.257 e. The third kappa shape index (κ3) is 8.15. The minimum absolute atomic E-state index is 0. The van der Waals surface area contributed by atoms with Gasteiger partial charge in [0.15, 0.2) is 6.61 Å². The number of benzene rings is 2. The highest BCUT2D eigenvalue weighted by Crippen LogP contribution is 2.25. The molecule has 0 fully saturated rings. The van der Waals surface area contributed by atoms with Gasteiger partial charge in [-0.1, -0.05) is 19.4 Å². The Balaban J connectivity index is 0.00000361. The number of halogens is 1. The predicted molar refractivity (Wildman–Crippen MR) is 145 cm³/mol. The lowest BCUT2D eigenvalue weighted by Gasteiger charge is -2.20. The van der Waals surface area contributed by atoms with Crippen LogP contribution in [0.2, 0.25) is 0 Å². The third-order valence-corrected chi connectivity index (χ3v) is 6.47. The molecule has 8 heteroatoms. The highest BCUT2D eigenvalue weighted by atomic mass is 35.5. The van der Waals surface area contributed by atoms with Crippen molar-refractivity contribution < 1.29 is 19.4 Å². The van der Waals surface area contributed by atoms with E-state index in [9.17, 15) is 9.90 Å². The number of aromatic amines is 1. The summed E-state index contributed by atoms with van der Waals surface area (Å²) in [5.41, 5.74) is 3.64. The summed E-state index contributed by atoms with van der Waals surface area (Å²) in [6.45, 7) is 3.54. The van der Waals surface area contributed by atoms with Gasteiger partial charge in [-0.05, 0) is 79.6 Å². The van der Waals surface area contributed by atoms with Gasteiger partial charge in [0.2, 0.25) is 0 Å². The zero-order valence-corrected chi connectivity index (χ0v) is 21.7. The fourth-order valence-corrected chi connectivity index (χ4v) is 4.49. The summed E-state index contributed by atoms with van der Waals surface area (Å²) in [4.78, 5) is 15.1. The van der Waals surface area contributed by atoms with Crippen LogP contribution in [0.4, 0.5) is 0 Å². The zero-order valence-electron chi connectivity index (χ0n) is 20.9. The average molecular weight is 516 g/mol. The largest absolute Gasteiger partial charge is 0.491 e. The van der Waals surface area contributed by atoms with E-state index in [4.69, 9.17) is 9.47 Å². The number of unbranched alkanes of at least 4 members (excludes halogenated alkanes) is 1. The Kier molecular flexibility index (Phi) is 10.9. The molecule has 0 aliphatic heterocycles. The van der Waals surface area contributed by atoms with Crippen LogP contribution in [-0.4, -0.2) is 54.4 Å². The summed E-state index contributed by atoms with van der Waals surface area (Å²) in [5.74, 6) is 1.39. The van der Waals surface area contributed by atoms with Crippen LogP contribution < -0.4 is 20.1 Å². The number of aryl methyl sites for hydroxylation is 1. The quantitative estimate of drug-likeness (QED) is 0.214. The summed E-state index contributed by atoms with van der Waals surface area (Å²) >= 11 is 0. The van der Waals surface area contributed by atoms with E-state index in [0.29, 0.717) is 13.1 Å². The SMILES string of the molecule is CCCCNC(=O)COc1ccc2c(c1)CC(NC[C@H](O)COc1ccc3[nH]ccc3c1)CCC2.Cl. The summed E-state index contributed by atoms with van der Waals surface area (Å²) in [6, 6.07) is 14.3. The molecule has 1 heterocycles. The number of ether oxygens (including phenoxy) is 2. The summed E-state index contributed by atoms with van der Waals surface area (Å²) in [6.07, 6.45) is 7.36. The Morgan fingerprint density at radius 2 is 1.97 bits per heavy atom. The number of carbonyl (C=O) groups excluding carboxylic acids is 1. The van der Waals surface area contributed by atoms with Crippen LogP contribution in [0.25, 0.3) is 10.9 Å². The third-order valence-electron chi connectivity index (χ3n) is 6.47.